The van der Waals surface area contributed by atoms with Gasteiger partial charge in [-0.25, -0.2) is 0 Å². The van der Waals surface area contributed by atoms with Crippen molar-refractivity contribution in [3.63, 3.8) is 0 Å². The molecule has 2 rings (SSSR count). The van der Waals surface area contributed by atoms with Crippen molar-refractivity contribution in [2.24, 2.45) is 0 Å². The minimum absolute atomic E-state index is 0.775. The van der Waals surface area contributed by atoms with Gasteiger partial charge in [0.15, 0.2) is 0 Å². The van der Waals surface area contributed by atoms with E-state index < -0.39 is 0 Å². The Bertz CT molecular complexity index is 307. The molecule has 0 bridgehead atoms. The summed E-state index contributed by atoms with van der Waals surface area (Å²) in [6.07, 6.45) is 8.35. The predicted molar refractivity (Wildman–Crippen MR) is 63.1 cm³/mol. The zero-order chi connectivity index (χ0) is 10.5. The average Bonchev–Trinajstić information content (AvgIpc) is 2.32. The molecule has 1 aromatic carbocycles. The third-order valence-electron chi connectivity index (χ3n) is 3.18. The molecule has 0 spiro atoms. The summed E-state index contributed by atoms with van der Waals surface area (Å²) in [4.78, 5) is 0. The summed E-state index contributed by atoms with van der Waals surface area (Å²) in [5, 5.41) is 0. The Kier molecular flexibility index (Phi) is 3.44. The summed E-state index contributed by atoms with van der Waals surface area (Å²) in [7, 11) is 0. The number of benzene rings is 1. The van der Waals surface area contributed by atoms with E-state index in [1.165, 1.54) is 43.9 Å². The van der Waals surface area contributed by atoms with Gasteiger partial charge in [-0.3, -0.25) is 0 Å². The summed E-state index contributed by atoms with van der Waals surface area (Å²) in [6, 6.07) is 8.45. The van der Waals surface area contributed by atoms with E-state index in [0.29, 0.717) is 0 Å². The van der Waals surface area contributed by atoms with Crippen LogP contribution in [0.5, 0.6) is 5.75 Å². The highest BCUT2D eigenvalue weighted by molar-refractivity contribution is 5.30. The lowest BCUT2D eigenvalue weighted by molar-refractivity contribution is 0.442. The fourth-order valence-corrected chi connectivity index (χ4v) is 2.35. The SMILES string of the molecule is C=COc1ccc(C2CCCCC2)cc1. The Hall–Kier alpha value is -1.24. The molecule has 0 unspecified atom stereocenters. The van der Waals surface area contributed by atoms with E-state index >= 15 is 0 Å². The van der Waals surface area contributed by atoms with Crippen LogP contribution in [0.25, 0.3) is 0 Å². The topological polar surface area (TPSA) is 9.23 Å². The van der Waals surface area contributed by atoms with Gasteiger partial charge in [-0.1, -0.05) is 38.0 Å². The van der Waals surface area contributed by atoms with E-state index in [1.807, 2.05) is 12.1 Å². The van der Waals surface area contributed by atoms with Crippen molar-refractivity contribution in [1.82, 2.24) is 0 Å². The number of hydrogen-bond donors (Lipinski definition) is 0. The molecule has 0 aromatic heterocycles. The molecule has 0 aliphatic heterocycles. The Balaban J connectivity index is 2.04. The smallest absolute Gasteiger partial charge is 0.126 e. The lowest BCUT2D eigenvalue weighted by Gasteiger charge is -2.21. The van der Waals surface area contributed by atoms with Crippen LogP contribution in [-0.2, 0) is 0 Å². The first-order valence-electron chi connectivity index (χ1n) is 5.77. The number of hydrogen-bond acceptors (Lipinski definition) is 1. The van der Waals surface area contributed by atoms with Gasteiger partial charge in [0.2, 0.25) is 0 Å². The predicted octanol–water partition coefficient (Wildman–Crippen LogP) is 4.26. The van der Waals surface area contributed by atoms with Gasteiger partial charge in [0.25, 0.3) is 0 Å². The minimum atomic E-state index is 0.775. The third-order valence-corrected chi connectivity index (χ3v) is 3.18. The van der Waals surface area contributed by atoms with Crippen LogP contribution in [-0.4, -0.2) is 0 Å². The molecular formula is C14H18O. The van der Waals surface area contributed by atoms with Crippen LogP contribution >= 0.6 is 0 Å². The van der Waals surface area contributed by atoms with Crippen LogP contribution in [0.2, 0.25) is 0 Å². The summed E-state index contributed by atoms with van der Waals surface area (Å²) in [6.45, 7) is 3.55. The molecule has 0 N–H and O–H groups in total. The van der Waals surface area contributed by atoms with Crippen molar-refractivity contribution < 1.29 is 4.74 Å². The molecule has 1 aliphatic carbocycles. The molecule has 0 saturated heterocycles. The second kappa shape index (κ2) is 5.01. The van der Waals surface area contributed by atoms with Crippen LogP contribution in [0.3, 0.4) is 0 Å². The molecule has 1 aliphatic rings. The molecule has 15 heavy (non-hydrogen) atoms. The van der Waals surface area contributed by atoms with Gasteiger partial charge in [0.05, 0.1) is 6.26 Å². The number of rotatable bonds is 3. The first-order valence-corrected chi connectivity index (χ1v) is 5.77. The largest absolute Gasteiger partial charge is 0.466 e. The summed E-state index contributed by atoms with van der Waals surface area (Å²) in [5.74, 6) is 1.65. The molecule has 80 valence electrons. The average molecular weight is 202 g/mol. The summed E-state index contributed by atoms with van der Waals surface area (Å²) in [5.41, 5.74) is 1.46. The van der Waals surface area contributed by atoms with Crippen LogP contribution in [0.1, 0.15) is 43.6 Å². The van der Waals surface area contributed by atoms with Gasteiger partial charge in [-0.15, -0.1) is 0 Å². The van der Waals surface area contributed by atoms with Crippen LogP contribution < -0.4 is 4.74 Å². The molecule has 0 amide bonds. The van der Waals surface area contributed by atoms with E-state index in [9.17, 15) is 0 Å². The maximum Gasteiger partial charge on any atom is 0.126 e. The molecule has 1 saturated carbocycles. The molecule has 1 heteroatoms. The molecule has 0 atom stereocenters. The van der Waals surface area contributed by atoms with Crippen molar-refractivity contribution in [2.75, 3.05) is 0 Å². The Morgan fingerprint density at radius 2 is 1.73 bits per heavy atom. The standard InChI is InChI=1S/C14H18O/c1-2-15-14-10-8-13(9-11-14)12-6-4-3-5-7-12/h2,8-12H,1,3-7H2. The fraction of sp³-hybridized carbons (Fsp3) is 0.429. The quantitative estimate of drug-likeness (QED) is 0.665. The van der Waals surface area contributed by atoms with E-state index in [4.69, 9.17) is 4.74 Å². The molecule has 1 nitrogen and oxygen atoms in total. The van der Waals surface area contributed by atoms with E-state index in [0.717, 1.165) is 11.7 Å². The minimum Gasteiger partial charge on any atom is -0.466 e. The number of ether oxygens (including phenoxy) is 1. The summed E-state index contributed by atoms with van der Waals surface area (Å²) >= 11 is 0. The van der Waals surface area contributed by atoms with Crippen molar-refractivity contribution in [2.45, 2.75) is 38.0 Å². The lowest BCUT2D eigenvalue weighted by atomic mass is 9.84. The van der Waals surface area contributed by atoms with Crippen molar-refractivity contribution >= 4 is 0 Å². The Morgan fingerprint density at radius 1 is 1.07 bits per heavy atom. The second-order valence-electron chi connectivity index (χ2n) is 4.19. The first kappa shape index (κ1) is 10.3. The zero-order valence-corrected chi connectivity index (χ0v) is 9.11. The molecule has 1 aromatic rings. The maximum atomic E-state index is 5.21. The van der Waals surface area contributed by atoms with Gasteiger partial charge in [-0.2, -0.15) is 0 Å². The second-order valence-corrected chi connectivity index (χ2v) is 4.19. The van der Waals surface area contributed by atoms with Gasteiger partial charge in [-0.05, 0) is 36.5 Å². The normalized spacial score (nSPS) is 17.3. The van der Waals surface area contributed by atoms with E-state index in [2.05, 4.69) is 18.7 Å². The maximum absolute atomic E-state index is 5.21. The van der Waals surface area contributed by atoms with E-state index in [1.54, 1.807) is 0 Å². The third kappa shape index (κ3) is 2.62. The molecule has 1 fully saturated rings. The molecule has 0 radical (unpaired) electrons. The van der Waals surface area contributed by atoms with Gasteiger partial charge in [0.1, 0.15) is 5.75 Å². The zero-order valence-electron chi connectivity index (χ0n) is 9.11. The lowest BCUT2D eigenvalue weighted by Crippen LogP contribution is -2.04. The van der Waals surface area contributed by atoms with Gasteiger partial charge >= 0.3 is 0 Å². The molecule has 0 heterocycles. The van der Waals surface area contributed by atoms with Crippen molar-refractivity contribution in [3.8, 4) is 5.75 Å². The Labute approximate surface area is 91.8 Å². The Morgan fingerprint density at radius 3 is 2.33 bits per heavy atom. The highest BCUT2D eigenvalue weighted by atomic mass is 16.5. The highest BCUT2D eigenvalue weighted by Gasteiger charge is 2.14. The van der Waals surface area contributed by atoms with Crippen LogP contribution in [0.4, 0.5) is 0 Å². The molecular weight excluding hydrogens is 184 g/mol. The van der Waals surface area contributed by atoms with Gasteiger partial charge in [0, 0.05) is 0 Å². The van der Waals surface area contributed by atoms with Crippen LogP contribution in [0.15, 0.2) is 37.1 Å². The van der Waals surface area contributed by atoms with Crippen molar-refractivity contribution in [1.29, 1.82) is 0 Å². The monoisotopic (exact) mass is 202 g/mol. The highest BCUT2D eigenvalue weighted by Crippen LogP contribution is 2.33. The van der Waals surface area contributed by atoms with Crippen LogP contribution in [0, 0.1) is 0 Å². The van der Waals surface area contributed by atoms with Gasteiger partial charge < -0.3 is 4.74 Å². The first-order chi connectivity index (χ1) is 7.40. The van der Waals surface area contributed by atoms with E-state index in [-0.39, 0.29) is 0 Å². The van der Waals surface area contributed by atoms with Crippen molar-refractivity contribution in [3.05, 3.63) is 42.7 Å². The fourth-order valence-electron chi connectivity index (χ4n) is 2.35. The summed E-state index contributed by atoms with van der Waals surface area (Å²) < 4.78 is 5.21.